The van der Waals surface area contributed by atoms with E-state index < -0.39 is 0 Å². The van der Waals surface area contributed by atoms with E-state index in [1.165, 1.54) is 14.0 Å². The van der Waals surface area contributed by atoms with Crippen LogP contribution in [0.4, 0.5) is 0 Å². The molecule has 1 aromatic heterocycles. The predicted molar refractivity (Wildman–Crippen MR) is 77.5 cm³/mol. The summed E-state index contributed by atoms with van der Waals surface area (Å²) in [5.74, 6) is 0.100. The lowest BCUT2D eigenvalue weighted by Crippen LogP contribution is -2.47. The van der Waals surface area contributed by atoms with Crippen LogP contribution in [0.1, 0.15) is 19.8 Å². The number of hydrogen-bond acceptors (Lipinski definition) is 6. The van der Waals surface area contributed by atoms with E-state index in [1.807, 2.05) is 0 Å². The van der Waals surface area contributed by atoms with E-state index >= 15 is 0 Å². The van der Waals surface area contributed by atoms with Gasteiger partial charge in [-0.15, -0.1) is 0 Å². The standard InChI is InChI=1S/C14H20N4O4/c1-10(19)16-8-13(20)18-7-3-4-11(9-18)22-12-5-6-15-14(17-12)21-2/h5-6,11H,3-4,7-9H2,1-2H3,(H,16,19). The molecule has 1 atom stereocenters. The minimum absolute atomic E-state index is 0.0172. The first-order chi connectivity index (χ1) is 10.6. The smallest absolute Gasteiger partial charge is 0.319 e. The number of nitrogens with one attached hydrogen (secondary N) is 1. The molecule has 1 aliphatic rings. The summed E-state index contributed by atoms with van der Waals surface area (Å²) in [4.78, 5) is 32.6. The van der Waals surface area contributed by atoms with Crippen molar-refractivity contribution in [2.75, 3.05) is 26.7 Å². The molecule has 22 heavy (non-hydrogen) atoms. The molecule has 1 aromatic rings. The number of nitrogens with zero attached hydrogens (tertiary/aromatic N) is 3. The number of hydrogen-bond donors (Lipinski definition) is 1. The van der Waals surface area contributed by atoms with Gasteiger partial charge in [-0.25, -0.2) is 4.98 Å². The topological polar surface area (TPSA) is 93.7 Å². The number of carbonyl (C=O) groups is 2. The number of rotatable bonds is 5. The molecule has 1 aliphatic heterocycles. The van der Waals surface area contributed by atoms with E-state index in [1.54, 1.807) is 17.2 Å². The fraction of sp³-hybridized carbons (Fsp3) is 0.571. The first-order valence-electron chi connectivity index (χ1n) is 7.14. The Balaban J connectivity index is 1.89. The molecule has 0 radical (unpaired) electrons. The Morgan fingerprint density at radius 2 is 2.32 bits per heavy atom. The second-order valence-electron chi connectivity index (χ2n) is 5.01. The van der Waals surface area contributed by atoms with Crippen molar-refractivity contribution in [1.29, 1.82) is 0 Å². The molecule has 2 rings (SSSR count). The van der Waals surface area contributed by atoms with Gasteiger partial charge in [-0.05, 0) is 12.8 Å². The van der Waals surface area contributed by atoms with E-state index in [0.29, 0.717) is 19.0 Å². The van der Waals surface area contributed by atoms with Crippen LogP contribution < -0.4 is 14.8 Å². The average molecular weight is 308 g/mol. The Kier molecular flexibility index (Phi) is 5.51. The third kappa shape index (κ3) is 4.57. The zero-order valence-corrected chi connectivity index (χ0v) is 12.7. The van der Waals surface area contributed by atoms with Crippen LogP contribution in [0.5, 0.6) is 11.9 Å². The van der Waals surface area contributed by atoms with Gasteiger partial charge in [-0.2, -0.15) is 4.98 Å². The molecule has 1 N–H and O–H groups in total. The lowest BCUT2D eigenvalue weighted by Gasteiger charge is -2.32. The van der Waals surface area contributed by atoms with Gasteiger partial charge in [-0.1, -0.05) is 0 Å². The molecular formula is C14H20N4O4. The van der Waals surface area contributed by atoms with Crippen LogP contribution in [0.25, 0.3) is 0 Å². The molecule has 8 heteroatoms. The average Bonchev–Trinajstić information content (AvgIpc) is 2.53. The highest BCUT2D eigenvalue weighted by atomic mass is 16.5. The number of piperidine rings is 1. The highest BCUT2D eigenvalue weighted by Gasteiger charge is 2.25. The van der Waals surface area contributed by atoms with Crippen molar-refractivity contribution in [3.8, 4) is 11.9 Å². The summed E-state index contributed by atoms with van der Waals surface area (Å²) in [6.45, 7) is 2.55. The molecule has 0 aliphatic carbocycles. The van der Waals surface area contributed by atoms with Gasteiger partial charge in [0.1, 0.15) is 6.10 Å². The number of ether oxygens (including phenoxy) is 2. The van der Waals surface area contributed by atoms with Crippen molar-refractivity contribution in [1.82, 2.24) is 20.2 Å². The summed E-state index contributed by atoms with van der Waals surface area (Å²) in [7, 11) is 1.49. The van der Waals surface area contributed by atoms with E-state index in [2.05, 4.69) is 15.3 Å². The summed E-state index contributed by atoms with van der Waals surface area (Å²) in [6.07, 6.45) is 3.12. The minimum Gasteiger partial charge on any atom is -0.472 e. The maximum atomic E-state index is 12.0. The van der Waals surface area contributed by atoms with Crippen molar-refractivity contribution >= 4 is 11.8 Å². The Morgan fingerprint density at radius 3 is 3.05 bits per heavy atom. The maximum Gasteiger partial charge on any atom is 0.319 e. The van der Waals surface area contributed by atoms with Gasteiger partial charge < -0.3 is 19.7 Å². The molecule has 0 spiro atoms. The van der Waals surface area contributed by atoms with Gasteiger partial charge in [0.15, 0.2) is 0 Å². The van der Waals surface area contributed by atoms with Crippen molar-refractivity contribution in [3.05, 3.63) is 12.3 Å². The molecule has 120 valence electrons. The first-order valence-corrected chi connectivity index (χ1v) is 7.14. The third-order valence-electron chi connectivity index (χ3n) is 3.30. The number of methoxy groups -OCH3 is 1. The molecule has 1 unspecified atom stereocenters. The Labute approximate surface area is 128 Å². The number of aromatic nitrogens is 2. The van der Waals surface area contributed by atoms with Crippen LogP contribution in [0, 0.1) is 0 Å². The van der Waals surface area contributed by atoms with Crippen LogP contribution >= 0.6 is 0 Å². The van der Waals surface area contributed by atoms with Crippen molar-refractivity contribution < 1.29 is 19.1 Å². The molecule has 2 amide bonds. The Morgan fingerprint density at radius 1 is 1.50 bits per heavy atom. The van der Waals surface area contributed by atoms with E-state index in [9.17, 15) is 9.59 Å². The van der Waals surface area contributed by atoms with Crippen LogP contribution in [0.15, 0.2) is 12.3 Å². The molecular weight excluding hydrogens is 288 g/mol. The van der Waals surface area contributed by atoms with Gasteiger partial charge in [0.25, 0.3) is 0 Å². The summed E-state index contributed by atoms with van der Waals surface area (Å²) in [6, 6.07) is 1.90. The van der Waals surface area contributed by atoms with Gasteiger partial charge in [0.2, 0.25) is 17.7 Å². The molecule has 1 fully saturated rings. The van der Waals surface area contributed by atoms with Crippen molar-refractivity contribution in [3.63, 3.8) is 0 Å². The third-order valence-corrected chi connectivity index (χ3v) is 3.30. The molecule has 0 bridgehead atoms. The second kappa shape index (κ2) is 7.58. The van der Waals surface area contributed by atoms with Gasteiger partial charge in [0.05, 0.1) is 20.2 Å². The molecule has 0 saturated carbocycles. The van der Waals surface area contributed by atoms with Gasteiger partial charge in [-0.3, -0.25) is 9.59 Å². The van der Waals surface area contributed by atoms with E-state index in [-0.39, 0.29) is 30.5 Å². The van der Waals surface area contributed by atoms with Gasteiger partial charge >= 0.3 is 6.01 Å². The minimum atomic E-state index is -0.216. The lowest BCUT2D eigenvalue weighted by molar-refractivity contribution is -0.134. The van der Waals surface area contributed by atoms with E-state index in [0.717, 1.165) is 12.8 Å². The maximum absolute atomic E-state index is 12.0. The van der Waals surface area contributed by atoms with Crippen LogP contribution in [-0.4, -0.2) is 59.5 Å². The molecule has 2 heterocycles. The molecule has 0 aromatic carbocycles. The monoisotopic (exact) mass is 308 g/mol. The summed E-state index contributed by atoms with van der Waals surface area (Å²) < 4.78 is 10.7. The summed E-state index contributed by atoms with van der Waals surface area (Å²) in [5.41, 5.74) is 0. The largest absolute Gasteiger partial charge is 0.472 e. The normalized spacial score (nSPS) is 17.7. The Bertz CT molecular complexity index is 537. The first kappa shape index (κ1) is 16.0. The molecule has 8 nitrogen and oxygen atoms in total. The summed E-state index contributed by atoms with van der Waals surface area (Å²) >= 11 is 0. The summed E-state index contributed by atoms with van der Waals surface area (Å²) in [5, 5.41) is 2.51. The zero-order chi connectivity index (χ0) is 15.9. The number of amides is 2. The van der Waals surface area contributed by atoms with Crippen molar-refractivity contribution in [2.45, 2.75) is 25.9 Å². The second-order valence-corrected chi connectivity index (χ2v) is 5.01. The highest BCUT2D eigenvalue weighted by molar-refractivity contribution is 5.83. The van der Waals surface area contributed by atoms with Gasteiger partial charge in [0, 0.05) is 25.7 Å². The fourth-order valence-electron chi connectivity index (χ4n) is 2.23. The molecule has 1 saturated heterocycles. The zero-order valence-electron chi connectivity index (χ0n) is 12.7. The quantitative estimate of drug-likeness (QED) is 0.822. The highest BCUT2D eigenvalue weighted by Crippen LogP contribution is 2.17. The lowest BCUT2D eigenvalue weighted by atomic mass is 10.1. The van der Waals surface area contributed by atoms with Crippen LogP contribution in [0.3, 0.4) is 0 Å². The Hall–Kier alpha value is -2.38. The van der Waals surface area contributed by atoms with E-state index in [4.69, 9.17) is 9.47 Å². The van der Waals surface area contributed by atoms with Crippen molar-refractivity contribution in [2.24, 2.45) is 0 Å². The SMILES string of the molecule is COc1nccc(OC2CCCN(C(=O)CNC(C)=O)C2)n1. The predicted octanol–water partition coefficient (Wildman–Crippen LogP) is -0.00890. The fourth-order valence-corrected chi connectivity index (χ4v) is 2.23. The number of carbonyl (C=O) groups excluding carboxylic acids is 2. The van der Waals surface area contributed by atoms with Crippen LogP contribution in [-0.2, 0) is 9.59 Å². The van der Waals surface area contributed by atoms with Crippen LogP contribution in [0.2, 0.25) is 0 Å². The number of likely N-dealkylation sites (tertiary alicyclic amines) is 1.